The van der Waals surface area contributed by atoms with Crippen LogP contribution in [0.15, 0.2) is 59.4 Å². The number of aromatic nitrogens is 2. The highest BCUT2D eigenvalue weighted by Gasteiger charge is 2.16. The molecule has 0 saturated carbocycles. The minimum atomic E-state index is -0.0222. The van der Waals surface area contributed by atoms with Gasteiger partial charge in [0.05, 0.1) is 11.2 Å². The van der Waals surface area contributed by atoms with Crippen molar-refractivity contribution in [2.45, 2.75) is 13.3 Å². The number of nitrogens with one attached hydrogen (secondary N) is 1. The number of hydrogen-bond donors (Lipinski definition) is 1. The Morgan fingerprint density at radius 2 is 1.83 bits per heavy atom. The minimum Gasteiger partial charge on any atom is -0.355 e. The molecule has 1 N–H and O–H groups in total. The molecule has 24 heavy (non-hydrogen) atoms. The number of fused-ring (bicyclic) bond motifs is 3. The van der Waals surface area contributed by atoms with Gasteiger partial charge in [0.1, 0.15) is 4.70 Å². The van der Waals surface area contributed by atoms with Crippen LogP contribution in [0.1, 0.15) is 13.3 Å². The maximum Gasteiger partial charge on any atom is 0.277 e. The van der Waals surface area contributed by atoms with Gasteiger partial charge in [0, 0.05) is 16.6 Å². The largest absolute Gasteiger partial charge is 0.355 e. The zero-order valence-corrected chi connectivity index (χ0v) is 14.1. The van der Waals surface area contributed by atoms with Crippen molar-refractivity contribution in [1.82, 2.24) is 9.55 Å². The second kappa shape index (κ2) is 6.09. The van der Waals surface area contributed by atoms with Crippen molar-refractivity contribution in [3.63, 3.8) is 0 Å². The van der Waals surface area contributed by atoms with Crippen molar-refractivity contribution in [1.29, 1.82) is 0 Å². The molecule has 0 fully saturated rings. The fourth-order valence-corrected chi connectivity index (χ4v) is 3.89. The van der Waals surface area contributed by atoms with E-state index in [0.29, 0.717) is 10.6 Å². The standard InChI is InChI=1S/C19H17N3OS/c1-2-12-20-19-21-16-14-10-6-7-11-15(14)24-17(16)18(23)22(19)13-8-4-3-5-9-13/h3-11H,2,12H2,1H3,(H,20,21). The predicted octanol–water partition coefficient (Wildman–Crippen LogP) is 4.42. The van der Waals surface area contributed by atoms with Gasteiger partial charge in [-0.3, -0.25) is 4.79 Å². The number of rotatable bonds is 4. The summed E-state index contributed by atoms with van der Waals surface area (Å²) in [5.41, 5.74) is 1.59. The van der Waals surface area contributed by atoms with E-state index < -0.39 is 0 Å². The molecule has 0 aliphatic carbocycles. The average molecular weight is 335 g/mol. The Morgan fingerprint density at radius 3 is 2.62 bits per heavy atom. The molecule has 5 heteroatoms. The van der Waals surface area contributed by atoms with Crippen LogP contribution in [0.3, 0.4) is 0 Å². The van der Waals surface area contributed by atoms with E-state index >= 15 is 0 Å². The van der Waals surface area contributed by atoms with Crippen molar-refractivity contribution in [3.8, 4) is 5.69 Å². The lowest BCUT2D eigenvalue weighted by Crippen LogP contribution is -2.23. The van der Waals surface area contributed by atoms with Crippen LogP contribution in [0.5, 0.6) is 0 Å². The van der Waals surface area contributed by atoms with E-state index in [1.165, 1.54) is 11.3 Å². The first kappa shape index (κ1) is 14.9. The Labute approximate surface area is 143 Å². The number of nitrogens with zero attached hydrogens (tertiary/aromatic N) is 2. The van der Waals surface area contributed by atoms with Crippen molar-refractivity contribution >= 4 is 37.6 Å². The van der Waals surface area contributed by atoms with Crippen LogP contribution in [-0.2, 0) is 0 Å². The highest BCUT2D eigenvalue weighted by atomic mass is 32.1. The summed E-state index contributed by atoms with van der Waals surface area (Å²) in [4.78, 5) is 18.0. The summed E-state index contributed by atoms with van der Waals surface area (Å²) in [5, 5.41) is 4.34. The zero-order valence-electron chi connectivity index (χ0n) is 13.3. The molecule has 0 atom stereocenters. The van der Waals surface area contributed by atoms with Gasteiger partial charge in [-0.15, -0.1) is 11.3 Å². The number of hydrogen-bond acceptors (Lipinski definition) is 4. The molecule has 120 valence electrons. The second-order valence-corrected chi connectivity index (χ2v) is 6.67. The predicted molar refractivity (Wildman–Crippen MR) is 102 cm³/mol. The fourth-order valence-electron chi connectivity index (χ4n) is 2.81. The molecule has 0 saturated heterocycles. The Kier molecular flexibility index (Phi) is 3.78. The number of benzene rings is 2. The molecule has 2 aromatic heterocycles. The monoisotopic (exact) mass is 335 g/mol. The van der Waals surface area contributed by atoms with E-state index in [9.17, 15) is 4.79 Å². The maximum absolute atomic E-state index is 13.2. The Morgan fingerprint density at radius 1 is 1.08 bits per heavy atom. The van der Waals surface area contributed by atoms with E-state index in [-0.39, 0.29) is 5.56 Å². The van der Waals surface area contributed by atoms with E-state index in [4.69, 9.17) is 4.98 Å². The average Bonchev–Trinajstić information content (AvgIpc) is 3.00. The fraction of sp³-hybridized carbons (Fsp3) is 0.158. The smallest absolute Gasteiger partial charge is 0.277 e. The minimum absolute atomic E-state index is 0.0222. The van der Waals surface area contributed by atoms with E-state index in [0.717, 1.165) is 34.3 Å². The molecule has 0 bridgehead atoms. The third-order valence-corrected chi connectivity index (χ3v) is 5.09. The number of anilines is 1. The van der Waals surface area contributed by atoms with Gasteiger partial charge in [-0.05, 0) is 24.6 Å². The lowest BCUT2D eigenvalue weighted by atomic mass is 10.2. The van der Waals surface area contributed by atoms with Crippen molar-refractivity contribution in [2.24, 2.45) is 0 Å². The van der Waals surface area contributed by atoms with Gasteiger partial charge in [-0.1, -0.05) is 43.3 Å². The van der Waals surface area contributed by atoms with Gasteiger partial charge in [0.2, 0.25) is 5.95 Å². The summed E-state index contributed by atoms with van der Waals surface area (Å²) in [6, 6.07) is 17.7. The molecule has 4 nitrogen and oxygen atoms in total. The molecule has 2 aromatic carbocycles. The van der Waals surface area contributed by atoms with Crippen LogP contribution in [0.4, 0.5) is 5.95 Å². The lowest BCUT2D eigenvalue weighted by molar-refractivity contribution is 0.907. The van der Waals surface area contributed by atoms with Crippen LogP contribution in [0.2, 0.25) is 0 Å². The summed E-state index contributed by atoms with van der Waals surface area (Å²) < 4.78 is 3.46. The van der Waals surface area contributed by atoms with Gasteiger partial charge in [0.25, 0.3) is 5.56 Å². The van der Waals surface area contributed by atoms with Crippen LogP contribution in [0, 0.1) is 0 Å². The summed E-state index contributed by atoms with van der Waals surface area (Å²) >= 11 is 1.51. The van der Waals surface area contributed by atoms with E-state index in [1.807, 2.05) is 54.6 Å². The summed E-state index contributed by atoms with van der Waals surface area (Å²) in [6.45, 7) is 2.86. The SMILES string of the molecule is CCCNc1nc2c(sc3ccccc32)c(=O)n1-c1ccccc1. The summed E-state index contributed by atoms with van der Waals surface area (Å²) in [5.74, 6) is 0.601. The molecule has 4 rings (SSSR count). The Bertz CT molecular complexity index is 1070. The molecule has 0 radical (unpaired) electrons. The topological polar surface area (TPSA) is 46.9 Å². The highest BCUT2D eigenvalue weighted by Crippen LogP contribution is 2.31. The van der Waals surface area contributed by atoms with Gasteiger partial charge in [0.15, 0.2) is 0 Å². The van der Waals surface area contributed by atoms with Gasteiger partial charge >= 0.3 is 0 Å². The van der Waals surface area contributed by atoms with Crippen molar-refractivity contribution in [3.05, 3.63) is 65.0 Å². The second-order valence-electron chi connectivity index (χ2n) is 5.61. The van der Waals surface area contributed by atoms with Crippen LogP contribution in [-0.4, -0.2) is 16.1 Å². The molecular formula is C19H17N3OS. The molecule has 0 aliphatic heterocycles. The first-order chi connectivity index (χ1) is 11.8. The molecule has 2 heterocycles. The molecule has 0 spiro atoms. The number of para-hydroxylation sites is 1. The molecule has 0 aliphatic rings. The Hall–Kier alpha value is -2.66. The van der Waals surface area contributed by atoms with Gasteiger partial charge < -0.3 is 5.32 Å². The molecule has 0 amide bonds. The van der Waals surface area contributed by atoms with Gasteiger partial charge in [-0.25, -0.2) is 9.55 Å². The third kappa shape index (κ3) is 2.37. The molecule has 0 unspecified atom stereocenters. The number of thiophene rings is 1. The van der Waals surface area contributed by atoms with Crippen LogP contribution in [0.25, 0.3) is 26.0 Å². The van der Waals surface area contributed by atoms with Crippen LogP contribution >= 0.6 is 11.3 Å². The quantitative estimate of drug-likeness (QED) is 0.600. The highest BCUT2D eigenvalue weighted by molar-refractivity contribution is 7.25. The van der Waals surface area contributed by atoms with Crippen molar-refractivity contribution < 1.29 is 0 Å². The lowest BCUT2D eigenvalue weighted by Gasteiger charge is -2.13. The van der Waals surface area contributed by atoms with E-state index in [1.54, 1.807) is 4.57 Å². The van der Waals surface area contributed by atoms with Gasteiger partial charge in [-0.2, -0.15) is 0 Å². The summed E-state index contributed by atoms with van der Waals surface area (Å²) in [7, 11) is 0. The Balaban J connectivity index is 2.07. The van der Waals surface area contributed by atoms with E-state index in [2.05, 4.69) is 12.2 Å². The van der Waals surface area contributed by atoms with Crippen LogP contribution < -0.4 is 10.9 Å². The first-order valence-corrected chi connectivity index (χ1v) is 8.85. The first-order valence-electron chi connectivity index (χ1n) is 8.03. The zero-order chi connectivity index (χ0) is 16.5. The molecule has 4 aromatic rings. The third-order valence-electron chi connectivity index (χ3n) is 3.94. The maximum atomic E-state index is 13.2. The summed E-state index contributed by atoms with van der Waals surface area (Å²) in [6.07, 6.45) is 0.965. The normalized spacial score (nSPS) is 11.2. The molecular weight excluding hydrogens is 318 g/mol. The van der Waals surface area contributed by atoms with Crippen molar-refractivity contribution in [2.75, 3.05) is 11.9 Å².